The van der Waals surface area contributed by atoms with Crippen molar-refractivity contribution in [2.45, 2.75) is 44.2 Å². The lowest BCUT2D eigenvalue weighted by molar-refractivity contribution is -0.384. The number of benzene rings is 1. The van der Waals surface area contributed by atoms with Crippen molar-refractivity contribution in [3.63, 3.8) is 0 Å². The average Bonchev–Trinajstić information content (AvgIpc) is 2.83. The zero-order valence-corrected chi connectivity index (χ0v) is 11.2. The molecule has 108 valence electrons. The molecule has 0 aliphatic heterocycles. The van der Waals surface area contributed by atoms with E-state index in [-0.39, 0.29) is 18.0 Å². The number of nitro groups is 1. The van der Waals surface area contributed by atoms with Gasteiger partial charge in [0.15, 0.2) is 0 Å². The van der Waals surface area contributed by atoms with E-state index in [1.54, 1.807) is 12.1 Å². The highest BCUT2D eigenvalue weighted by Gasteiger charge is 2.33. The third-order valence-electron chi connectivity index (χ3n) is 3.66. The fraction of sp³-hybridized carbons (Fsp3) is 0.500. The number of hydrogen-bond donors (Lipinski definition) is 2. The molecule has 2 rings (SSSR count). The van der Waals surface area contributed by atoms with Crippen LogP contribution in [0.15, 0.2) is 24.3 Å². The molecular formula is C14H18N2O4. The van der Waals surface area contributed by atoms with E-state index >= 15 is 0 Å². The SMILES string of the molecule is O=C(CC1(O)CCCC1)NCc1ccc([N+](=O)[O-])cc1. The molecule has 6 nitrogen and oxygen atoms in total. The number of nitrogens with zero attached hydrogens (tertiary/aromatic N) is 1. The highest BCUT2D eigenvalue weighted by Crippen LogP contribution is 2.32. The van der Waals surface area contributed by atoms with E-state index in [4.69, 9.17) is 0 Å². The predicted octanol–water partition coefficient (Wildman–Crippen LogP) is 1.91. The first-order valence-electron chi connectivity index (χ1n) is 6.71. The lowest BCUT2D eigenvalue weighted by Crippen LogP contribution is -2.34. The molecule has 6 heteroatoms. The van der Waals surface area contributed by atoms with Gasteiger partial charge in [-0.2, -0.15) is 0 Å². The third-order valence-corrected chi connectivity index (χ3v) is 3.66. The molecule has 0 unspecified atom stereocenters. The molecule has 0 heterocycles. The Kier molecular flexibility index (Phi) is 4.34. The zero-order valence-electron chi connectivity index (χ0n) is 11.2. The summed E-state index contributed by atoms with van der Waals surface area (Å²) < 4.78 is 0. The Morgan fingerprint density at radius 1 is 1.30 bits per heavy atom. The summed E-state index contributed by atoms with van der Waals surface area (Å²) in [4.78, 5) is 21.8. The van der Waals surface area contributed by atoms with Gasteiger partial charge in [0, 0.05) is 18.7 Å². The number of amides is 1. The third kappa shape index (κ3) is 3.77. The maximum absolute atomic E-state index is 11.8. The van der Waals surface area contributed by atoms with E-state index in [2.05, 4.69) is 5.32 Å². The number of aliphatic hydroxyl groups is 1. The molecule has 1 aromatic rings. The van der Waals surface area contributed by atoms with Crippen LogP contribution in [0.25, 0.3) is 0 Å². The standard InChI is InChI=1S/C14H18N2O4/c17-13(9-14(18)7-1-2-8-14)15-10-11-3-5-12(6-4-11)16(19)20/h3-6,18H,1-2,7-10H2,(H,15,17). The van der Waals surface area contributed by atoms with Crippen molar-refractivity contribution in [2.24, 2.45) is 0 Å². The van der Waals surface area contributed by atoms with Crippen molar-refractivity contribution in [3.8, 4) is 0 Å². The van der Waals surface area contributed by atoms with Crippen LogP contribution in [-0.4, -0.2) is 21.5 Å². The summed E-state index contributed by atoms with van der Waals surface area (Å²) in [7, 11) is 0. The second-order valence-electron chi connectivity index (χ2n) is 5.31. The number of nitro benzene ring substituents is 1. The second kappa shape index (κ2) is 6.00. The lowest BCUT2D eigenvalue weighted by Gasteiger charge is -2.21. The normalized spacial score (nSPS) is 16.9. The molecule has 0 spiro atoms. The van der Waals surface area contributed by atoms with Crippen LogP contribution in [0.1, 0.15) is 37.7 Å². The molecule has 0 aromatic heterocycles. The number of hydrogen-bond acceptors (Lipinski definition) is 4. The Balaban J connectivity index is 1.82. The Labute approximate surface area is 117 Å². The fourth-order valence-electron chi connectivity index (χ4n) is 2.51. The first-order chi connectivity index (χ1) is 9.48. The summed E-state index contributed by atoms with van der Waals surface area (Å²) in [6.07, 6.45) is 3.41. The molecule has 1 aromatic carbocycles. The Morgan fingerprint density at radius 2 is 1.90 bits per heavy atom. The van der Waals surface area contributed by atoms with Crippen LogP contribution in [0, 0.1) is 10.1 Å². The highest BCUT2D eigenvalue weighted by atomic mass is 16.6. The van der Waals surface area contributed by atoms with Gasteiger partial charge in [0.1, 0.15) is 0 Å². The van der Waals surface area contributed by atoms with E-state index in [1.165, 1.54) is 12.1 Å². The molecule has 2 N–H and O–H groups in total. The molecule has 1 fully saturated rings. The van der Waals surface area contributed by atoms with Crippen LogP contribution < -0.4 is 5.32 Å². The molecule has 1 aliphatic rings. The van der Waals surface area contributed by atoms with Gasteiger partial charge in [0.2, 0.25) is 5.91 Å². The molecule has 0 bridgehead atoms. The number of carbonyl (C=O) groups is 1. The number of rotatable bonds is 5. The van der Waals surface area contributed by atoms with Gasteiger partial charge in [-0.15, -0.1) is 0 Å². The minimum atomic E-state index is -0.848. The van der Waals surface area contributed by atoms with Gasteiger partial charge in [-0.3, -0.25) is 14.9 Å². The van der Waals surface area contributed by atoms with Crippen LogP contribution in [0.3, 0.4) is 0 Å². The molecule has 0 saturated heterocycles. The van der Waals surface area contributed by atoms with Gasteiger partial charge in [-0.05, 0) is 18.4 Å². The summed E-state index contributed by atoms with van der Waals surface area (Å²) in [5, 5.41) is 23.4. The largest absolute Gasteiger partial charge is 0.389 e. The second-order valence-corrected chi connectivity index (χ2v) is 5.31. The maximum atomic E-state index is 11.8. The van der Waals surface area contributed by atoms with Crippen LogP contribution in [0.4, 0.5) is 5.69 Å². The topological polar surface area (TPSA) is 92.5 Å². The van der Waals surface area contributed by atoms with Crippen LogP contribution >= 0.6 is 0 Å². The van der Waals surface area contributed by atoms with Gasteiger partial charge in [-0.25, -0.2) is 0 Å². The van der Waals surface area contributed by atoms with Crippen molar-refractivity contribution in [2.75, 3.05) is 0 Å². The molecule has 1 saturated carbocycles. The number of non-ortho nitro benzene ring substituents is 1. The van der Waals surface area contributed by atoms with Crippen LogP contribution in [0.2, 0.25) is 0 Å². The molecule has 0 radical (unpaired) electrons. The van der Waals surface area contributed by atoms with Gasteiger partial charge in [0.05, 0.1) is 16.9 Å². The minimum absolute atomic E-state index is 0.0281. The zero-order chi connectivity index (χ0) is 14.6. The quantitative estimate of drug-likeness (QED) is 0.635. The molecule has 0 atom stereocenters. The van der Waals surface area contributed by atoms with Gasteiger partial charge in [0.25, 0.3) is 5.69 Å². The van der Waals surface area contributed by atoms with Crippen molar-refractivity contribution in [3.05, 3.63) is 39.9 Å². The van der Waals surface area contributed by atoms with E-state index < -0.39 is 10.5 Å². The molecular weight excluding hydrogens is 260 g/mol. The summed E-state index contributed by atoms with van der Waals surface area (Å²) >= 11 is 0. The Morgan fingerprint density at radius 3 is 2.45 bits per heavy atom. The Hall–Kier alpha value is -1.95. The van der Waals surface area contributed by atoms with E-state index in [9.17, 15) is 20.0 Å². The maximum Gasteiger partial charge on any atom is 0.269 e. The highest BCUT2D eigenvalue weighted by molar-refractivity contribution is 5.77. The number of nitrogens with one attached hydrogen (secondary N) is 1. The molecule has 1 aliphatic carbocycles. The summed E-state index contributed by atoms with van der Waals surface area (Å²) in [5.74, 6) is -0.187. The first kappa shape index (κ1) is 14.5. The monoisotopic (exact) mass is 278 g/mol. The summed E-state index contributed by atoms with van der Waals surface area (Å²) in [6, 6.07) is 6.05. The smallest absolute Gasteiger partial charge is 0.269 e. The van der Waals surface area contributed by atoms with E-state index in [1.807, 2.05) is 0 Å². The summed E-state index contributed by atoms with van der Waals surface area (Å²) in [6.45, 7) is 0.312. The predicted molar refractivity (Wildman–Crippen MR) is 73.0 cm³/mol. The fourth-order valence-corrected chi connectivity index (χ4v) is 2.51. The van der Waals surface area contributed by atoms with Crippen molar-refractivity contribution in [1.82, 2.24) is 5.32 Å². The minimum Gasteiger partial charge on any atom is -0.389 e. The first-order valence-corrected chi connectivity index (χ1v) is 6.71. The molecule has 1 amide bonds. The van der Waals surface area contributed by atoms with Crippen molar-refractivity contribution in [1.29, 1.82) is 0 Å². The summed E-state index contributed by atoms with van der Waals surface area (Å²) in [5.41, 5.74) is -0.0257. The number of carbonyl (C=O) groups excluding carboxylic acids is 1. The average molecular weight is 278 g/mol. The van der Waals surface area contributed by atoms with Gasteiger partial charge in [-0.1, -0.05) is 25.0 Å². The van der Waals surface area contributed by atoms with Crippen molar-refractivity contribution >= 4 is 11.6 Å². The van der Waals surface area contributed by atoms with E-state index in [0.29, 0.717) is 19.4 Å². The van der Waals surface area contributed by atoms with Gasteiger partial charge >= 0.3 is 0 Å². The Bertz CT molecular complexity index is 492. The lowest BCUT2D eigenvalue weighted by atomic mass is 9.97. The molecule has 20 heavy (non-hydrogen) atoms. The van der Waals surface area contributed by atoms with Crippen LogP contribution in [0.5, 0.6) is 0 Å². The van der Waals surface area contributed by atoms with Gasteiger partial charge < -0.3 is 10.4 Å². The van der Waals surface area contributed by atoms with Crippen molar-refractivity contribution < 1.29 is 14.8 Å². The van der Waals surface area contributed by atoms with Crippen LogP contribution in [-0.2, 0) is 11.3 Å². The van der Waals surface area contributed by atoms with E-state index in [0.717, 1.165) is 18.4 Å².